The molecule has 1 aromatic carbocycles. The maximum Gasteiger partial charge on any atom is 0.147 e. The van der Waals surface area contributed by atoms with Crippen LogP contribution in [0.4, 0.5) is 0 Å². The van der Waals surface area contributed by atoms with Crippen LogP contribution in [0, 0.1) is 0 Å². The van der Waals surface area contributed by atoms with Gasteiger partial charge in [0.2, 0.25) is 0 Å². The van der Waals surface area contributed by atoms with Gasteiger partial charge in [0.05, 0.1) is 6.54 Å². The Labute approximate surface area is 118 Å². The van der Waals surface area contributed by atoms with E-state index in [9.17, 15) is 0 Å². The molecular formula is C14H19N5O. The molecular weight excluding hydrogens is 254 g/mol. The van der Waals surface area contributed by atoms with E-state index < -0.39 is 0 Å². The van der Waals surface area contributed by atoms with Gasteiger partial charge < -0.3 is 15.0 Å². The Hall–Kier alpha value is -1.92. The van der Waals surface area contributed by atoms with Gasteiger partial charge >= 0.3 is 0 Å². The molecule has 0 saturated heterocycles. The molecule has 1 aliphatic rings. The molecule has 3 rings (SSSR count). The average Bonchev–Trinajstić information content (AvgIpc) is 2.95. The average molecular weight is 273 g/mol. The van der Waals surface area contributed by atoms with Crippen LogP contribution in [0.3, 0.4) is 0 Å². The van der Waals surface area contributed by atoms with Crippen LogP contribution in [0.2, 0.25) is 0 Å². The lowest BCUT2D eigenvalue weighted by atomic mass is 10.2. The lowest BCUT2D eigenvalue weighted by molar-refractivity contribution is 0.174. The van der Waals surface area contributed by atoms with E-state index >= 15 is 0 Å². The van der Waals surface area contributed by atoms with Crippen LogP contribution in [0.5, 0.6) is 5.75 Å². The zero-order valence-corrected chi connectivity index (χ0v) is 11.4. The molecule has 1 aliphatic heterocycles. The summed E-state index contributed by atoms with van der Waals surface area (Å²) in [7, 11) is 0. The Kier molecular flexibility index (Phi) is 3.94. The molecule has 0 bridgehead atoms. The van der Waals surface area contributed by atoms with Crippen LogP contribution in [-0.4, -0.2) is 39.4 Å². The van der Waals surface area contributed by atoms with E-state index in [1.165, 1.54) is 0 Å². The molecule has 0 spiro atoms. The summed E-state index contributed by atoms with van der Waals surface area (Å²) < 4.78 is 7.85. The Morgan fingerprint density at radius 1 is 1.20 bits per heavy atom. The van der Waals surface area contributed by atoms with Crippen molar-refractivity contribution in [1.29, 1.82) is 0 Å². The number of aromatic nitrogens is 3. The van der Waals surface area contributed by atoms with Crippen molar-refractivity contribution >= 4 is 0 Å². The highest BCUT2D eigenvalue weighted by atomic mass is 16.5. The van der Waals surface area contributed by atoms with Crippen LogP contribution < -0.4 is 10.5 Å². The van der Waals surface area contributed by atoms with Crippen LogP contribution in [0.15, 0.2) is 30.6 Å². The number of nitrogens with zero attached hydrogens (tertiary/aromatic N) is 4. The fourth-order valence-electron chi connectivity index (χ4n) is 2.32. The largest absolute Gasteiger partial charge is 0.492 e. The van der Waals surface area contributed by atoms with Gasteiger partial charge in [0.15, 0.2) is 0 Å². The molecule has 0 amide bonds. The van der Waals surface area contributed by atoms with Crippen molar-refractivity contribution in [2.24, 2.45) is 5.73 Å². The molecule has 2 N–H and O–H groups in total. The molecule has 0 atom stereocenters. The molecule has 6 heteroatoms. The first-order valence-electron chi connectivity index (χ1n) is 6.86. The van der Waals surface area contributed by atoms with E-state index in [4.69, 9.17) is 10.5 Å². The highest BCUT2D eigenvalue weighted by Gasteiger charge is 2.16. The van der Waals surface area contributed by atoms with Gasteiger partial charge in [-0.3, -0.25) is 4.90 Å². The number of nitrogens with two attached hydrogens (primary N) is 1. The SMILES string of the molecule is NCc1ccc(OCCN2CCn3cnnc3C2)cc1. The third-order valence-electron chi connectivity index (χ3n) is 3.55. The monoisotopic (exact) mass is 273 g/mol. The summed E-state index contributed by atoms with van der Waals surface area (Å²) in [5, 5.41) is 8.04. The Bertz CT molecular complexity index is 551. The first kappa shape index (κ1) is 13.1. The highest BCUT2D eigenvalue weighted by molar-refractivity contribution is 5.27. The van der Waals surface area contributed by atoms with Crippen LogP contribution >= 0.6 is 0 Å². The predicted octanol–water partition coefficient (Wildman–Crippen LogP) is 0.631. The summed E-state index contributed by atoms with van der Waals surface area (Å²) in [6.07, 6.45) is 1.79. The zero-order valence-electron chi connectivity index (χ0n) is 11.4. The molecule has 1 aromatic heterocycles. The summed E-state index contributed by atoms with van der Waals surface area (Å²) in [5.41, 5.74) is 6.69. The predicted molar refractivity (Wildman–Crippen MR) is 75.1 cm³/mol. The smallest absolute Gasteiger partial charge is 0.147 e. The Morgan fingerprint density at radius 3 is 2.85 bits per heavy atom. The molecule has 0 saturated carbocycles. The zero-order chi connectivity index (χ0) is 13.8. The van der Waals surface area contributed by atoms with Crippen molar-refractivity contribution in [1.82, 2.24) is 19.7 Å². The number of hydrogen-bond acceptors (Lipinski definition) is 5. The van der Waals surface area contributed by atoms with Crippen molar-refractivity contribution < 1.29 is 4.74 Å². The van der Waals surface area contributed by atoms with Crippen molar-refractivity contribution in [3.8, 4) is 5.75 Å². The van der Waals surface area contributed by atoms with Crippen molar-refractivity contribution in [3.05, 3.63) is 42.0 Å². The molecule has 2 heterocycles. The maximum atomic E-state index is 5.75. The number of fused-ring (bicyclic) bond motifs is 1. The Balaban J connectivity index is 1.46. The quantitative estimate of drug-likeness (QED) is 0.865. The van der Waals surface area contributed by atoms with Gasteiger partial charge in [-0.15, -0.1) is 10.2 Å². The van der Waals surface area contributed by atoms with E-state index in [-0.39, 0.29) is 0 Å². The van der Waals surface area contributed by atoms with E-state index in [2.05, 4.69) is 19.7 Å². The summed E-state index contributed by atoms with van der Waals surface area (Å²) in [6, 6.07) is 7.93. The minimum atomic E-state index is 0.564. The van der Waals surface area contributed by atoms with Crippen LogP contribution in [0.25, 0.3) is 0 Å². The summed E-state index contributed by atoms with van der Waals surface area (Å²) >= 11 is 0. The second-order valence-corrected chi connectivity index (χ2v) is 4.91. The lowest BCUT2D eigenvalue weighted by Gasteiger charge is -2.26. The number of hydrogen-bond donors (Lipinski definition) is 1. The third-order valence-corrected chi connectivity index (χ3v) is 3.55. The highest BCUT2D eigenvalue weighted by Crippen LogP contribution is 2.13. The molecule has 2 aromatic rings. The van der Waals surface area contributed by atoms with Crippen molar-refractivity contribution in [2.45, 2.75) is 19.6 Å². The Morgan fingerprint density at radius 2 is 2.05 bits per heavy atom. The van der Waals surface area contributed by atoms with Crippen molar-refractivity contribution in [2.75, 3.05) is 19.7 Å². The first-order chi connectivity index (χ1) is 9.85. The molecule has 0 unspecified atom stereocenters. The van der Waals surface area contributed by atoms with Crippen molar-refractivity contribution in [3.63, 3.8) is 0 Å². The second-order valence-electron chi connectivity index (χ2n) is 4.91. The van der Waals surface area contributed by atoms with Gasteiger partial charge in [-0.2, -0.15) is 0 Å². The summed E-state index contributed by atoms with van der Waals surface area (Å²) in [4.78, 5) is 2.33. The fraction of sp³-hybridized carbons (Fsp3) is 0.429. The maximum absolute atomic E-state index is 5.75. The number of benzene rings is 1. The first-order valence-corrected chi connectivity index (χ1v) is 6.86. The van der Waals surface area contributed by atoms with E-state index in [0.29, 0.717) is 13.2 Å². The normalized spacial score (nSPS) is 15.1. The van der Waals surface area contributed by atoms with Gasteiger partial charge in [-0.1, -0.05) is 12.1 Å². The van der Waals surface area contributed by atoms with Gasteiger partial charge in [0, 0.05) is 26.2 Å². The standard InChI is InChI=1S/C14H19N5O/c15-9-12-1-3-13(4-2-12)20-8-7-18-5-6-19-11-16-17-14(19)10-18/h1-4,11H,5-10,15H2. The van der Waals surface area contributed by atoms with E-state index in [1.54, 1.807) is 6.33 Å². The van der Waals surface area contributed by atoms with Gasteiger partial charge in [-0.25, -0.2) is 0 Å². The van der Waals surface area contributed by atoms with Crippen LogP contribution in [-0.2, 0) is 19.6 Å². The molecule has 6 nitrogen and oxygen atoms in total. The summed E-state index contributed by atoms with van der Waals surface area (Å²) in [6.45, 7) is 4.94. The third kappa shape index (κ3) is 2.97. The fourth-order valence-corrected chi connectivity index (χ4v) is 2.32. The van der Waals surface area contributed by atoms with Crippen LogP contribution in [0.1, 0.15) is 11.4 Å². The minimum absolute atomic E-state index is 0.564. The summed E-state index contributed by atoms with van der Waals surface area (Å²) in [5.74, 6) is 1.92. The van der Waals surface area contributed by atoms with E-state index in [0.717, 1.165) is 43.3 Å². The second kappa shape index (κ2) is 6.02. The van der Waals surface area contributed by atoms with Gasteiger partial charge in [-0.05, 0) is 17.7 Å². The van der Waals surface area contributed by atoms with E-state index in [1.807, 2.05) is 24.3 Å². The lowest BCUT2D eigenvalue weighted by Crippen LogP contribution is -2.36. The van der Waals surface area contributed by atoms with Gasteiger partial charge in [0.1, 0.15) is 24.5 Å². The topological polar surface area (TPSA) is 69.2 Å². The molecule has 0 radical (unpaired) electrons. The molecule has 0 fully saturated rings. The molecule has 20 heavy (non-hydrogen) atoms. The molecule has 0 aliphatic carbocycles. The number of rotatable bonds is 5. The number of ether oxygens (including phenoxy) is 1. The minimum Gasteiger partial charge on any atom is -0.492 e. The van der Waals surface area contributed by atoms with Gasteiger partial charge in [0.25, 0.3) is 0 Å². The molecule has 106 valence electrons.